The predicted molar refractivity (Wildman–Crippen MR) is 86.4 cm³/mol. The largest absolute Gasteiger partial charge is 0.479 e. The Bertz CT molecular complexity index is 785. The van der Waals surface area contributed by atoms with E-state index in [1.54, 1.807) is 31.2 Å². The summed E-state index contributed by atoms with van der Waals surface area (Å²) in [4.78, 5) is 15.3. The molecular weight excluding hydrogens is 338 g/mol. The summed E-state index contributed by atoms with van der Waals surface area (Å²) in [5.41, 5.74) is 0. The molecule has 1 unspecified atom stereocenters. The second-order valence-electron chi connectivity index (χ2n) is 4.83. The fourth-order valence-electron chi connectivity index (χ4n) is 1.75. The first-order chi connectivity index (χ1) is 11.2. The van der Waals surface area contributed by atoms with Crippen molar-refractivity contribution >= 4 is 28.0 Å². The van der Waals surface area contributed by atoms with Gasteiger partial charge in [0.25, 0.3) is 0 Å². The van der Waals surface area contributed by atoms with Gasteiger partial charge in [0.1, 0.15) is 17.3 Å². The molecule has 0 amide bonds. The van der Waals surface area contributed by atoms with Crippen LogP contribution in [-0.2, 0) is 19.7 Å². The molecule has 0 saturated carbocycles. The lowest BCUT2D eigenvalue weighted by Crippen LogP contribution is -2.39. The highest BCUT2D eigenvalue weighted by Gasteiger charge is 2.27. The topological polar surface area (TPSA) is 107 Å². The zero-order valence-corrected chi connectivity index (χ0v) is 14.4. The summed E-state index contributed by atoms with van der Waals surface area (Å²) >= 11 is 0. The van der Waals surface area contributed by atoms with Gasteiger partial charge < -0.3 is 14.2 Å². The van der Waals surface area contributed by atoms with Gasteiger partial charge in [-0.15, -0.1) is 4.40 Å². The molecule has 1 aliphatic heterocycles. The molecule has 130 valence electrons. The van der Waals surface area contributed by atoms with Crippen molar-refractivity contribution < 1.29 is 27.4 Å². The van der Waals surface area contributed by atoms with E-state index in [4.69, 9.17) is 9.47 Å². The van der Waals surface area contributed by atoms with E-state index in [1.165, 1.54) is 21.1 Å². The number of benzene rings is 1. The summed E-state index contributed by atoms with van der Waals surface area (Å²) < 4.78 is 43.3. The van der Waals surface area contributed by atoms with Crippen molar-refractivity contribution in [3.63, 3.8) is 0 Å². The van der Waals surface area contributed by atoms with Crippen molar-refractivity contribution in [1.82, 2.24) is 4.31 Å². The monoisotopic (exact) mass is 355 g/mol. The van der Waals surface area contributed by atoms with Crippen LogP contribution in [0, 0.1) is 0 Å². The van der Waals surface area contributed by atoms with Gasteiger partial charge >= 0.3 is 22.2 Å². The van der Waals surface area contributed by atoms with Gasteiger partial charge in [-0.1, -0.05) is 0 Å². The SMILES string of the molecule is COC(=O)C(C)Oc1ccc(OC2=NC(C)=NS(=O)(=O)N2C)cc1. The van der Waals surface area contributed by atoms with E-state index >= 15 is 0 Å². The standard InChI is InChI=1S/C14H17N3O6S/c1-9(13(18)21-4)22-11-5-7-12(8-6-11)23-14-15-10(2)16-24(19,20)17(14)3/h5-9H,1-4H3. The maximum atomic E-state index is 11.8. The van der Waals surface area contributed by atoms with E-state index in [1.807, 2.05) is 0 Å². The number of aliphatic imine (C=N–C) groups is 1. The highest BCUT2D eigenvalue weighted by molar-refractivity contribution is 7.88. The minimum Gasteiger partial charge on any atom is -0.479 e. The van der Waals surface area contributed by atoms with Gasteiger partial charge in [0.15, 0.2) is 6.10 Å². The lowest BCUT2D eigenvalue weighted by atomic mass is 10.3. The number of rotatable bonds is 4. The smallest absolute Gasteiger partial charge is 0.349 e. The van der Waals surface area contributed by atoms with Crippen LogP contribution >= 0.6 is 0 Å². The first kappa shape index (κ1) is 17.7. The number of hydrogen-bond acceptors (Lipinski definition) is 7. The molecule has 1 aliphatic rings. The van der Waals surface area contributed by atoms with Gasteiger partial charge in [-0.2, -0.15) is 13.4 Å². The van der Waals surface area contributed by atoms with Crippen molar-refractivity contribution in [2.45, 2.75) is 20.0 Å². The van der Waals surface area contributed by atoms with Crippen LogP contribution in [0.1, 0.15) is 13.8 Å². The van der Waals surface area contributed by atoms with Gasteiger partial charge in [0.05, 0.1) is 7.11 Å². The lowest BCUT2D eigenvalue weighted by molar-refractivity contribution is -0.147. The summed E-state index contributed by atoms with van der Waals surface area (Å²) in [6.07, 6.45) is -0.750. The molecule has 0 fully saturated rings. The average Bonchev–Trinajstić information content (AvgIpc) is 2.52. The van der Waals surface area contributed by atoms with Crippen LogP contribution in [-0.4, -0.2) is 50.8 Å². The number of amidine groups is 2. The van der Waals surface area contributed by atoms with Gasteiger partial charge in [-0.05, 0) is 38.1 Å². The lowest BCUT2D eigenvalue weighted by Gasteiger charge is -2.21. The molecule has 10 heteroatoms. The molecule has 1 aromatic carbocycles. The third kappa shape index (κ3) is 4.02. The maximum absolute atomic E-state index is 11.8. The molecule has 0 radical (unpaired) electrons. The van der Waals surface area contributed by atoms with Crippen molar-refractivity contribution in [2.24, 2.45) is 9.39 Å². The molecule has 9 nitrogen and oxygen atoms in total. The van der Waals surface area contributed by atoms with Crippen molar-refractivity contribution in [1.29, 1.82) is 0 Å². The highest BCUT2D eigenvalue weighted by Crippen LogP contribution is 2.21. The summed E-state index contributed by atoms with van der Waals surface area (Å²) in [5.74, 6) is 0.372. The van der Waals surface area contributed by atoms with Crippen LogP contribution in [0.3, 0.4) is 0 Å². The van der Waals surface area contributed by atoms with Crippen LogP contribution in [0.2, 0.25) is 0 Å². The molecule has 24 heavy (non-hydrogen) atoms. The van der Waals surface area contributed by atoms with E-state index < -0.39 is 22.3 Å². The predicted octanol–water partition coefficient (Wildman–Crippen LogP) is 0.970. The number of nitrogens with zero attached hydrogens (tertiary/aromatic N) is 3. The number of esters is 1. The second-order valence-corrected chi connectivity index (χ2v) is 6.46. The number of methoxy groups -OCH3 is 1. The number of carbonyl (C=O) groups is 1. The zero-order valence-electron chi connectivity index (χ0n) is 13.6. The molecular formula is C14H17N3O6S. The minimum atomic E-state index is -3.83. The Kier molecular flexibility index (Phi) is 5.07. The van der Waals surface area contributed by atoms with E-state index in [9.17, 15) is 13.2 Å². The first-order valence-corrected chi connectivity index (χ1v) is 8.29. The van der Waals surface area contributed by atoms with Gasteiger partial charge in [-0.3, -0.25) is 0 Å². The summed E-state index contributed by atoms with van der Waals surface area (Å²) in [6, 6.07) is 6.16. The van der Waals surface area contributed by atoms with Crippen molar-refractivity contribution in [2.75, 3.05) is 14.2 Å². The first-order valence-electron chi connectivity index (χ1n) is 6.89. The fourth-order valence-corrected chi connectivity index (χ4v) is 2.53. The number of carbonyl (C=O) groups excluding carboxylic acids is 1. The summed E-state index contributed by atoms with van der Waals surface area (Å²) in [6.45, 7) is 3.02. The molecule has 1 aromatic rings. The highest BCUT2D eigenvalue weighted by atomic mass is 32.2. The van der Waals surface area contributed by atoms with Crippen molar-refractivity contribution in [3.8, 4) is 11.5 Å². The molecule has 1 atom stereocenters. The molecule has 2 rings (SSSR count). The Morgan fingerprint density at radius 1 is 1.21 bits per heavy atom. The Balaban J connectivity index is 2.10. The summed E-state index contributed by atoms with van der Waals surface area (Å²) in [5, 5.41) is 0. The molecule has 0 spiro atoms. The van der Waals surface area contributed by atoms with E-state index in [-0.39, 0.29) is 11.9 Å². The third-order valence-corrected chi connectivity index (χ3v) is 4.34. The van der Waals surface area contributed by atoms with Gasteiger partial charge in [-0.25, -0.2) is 9.10 Å². The molecule has 0 saturated heterocycles. The Hall–Kier alpha value is -2.62. The minimum absolute atomic E-state index is 0.0787. The molecule has 1 heterocycles. The molecule has 0 N–H and O–H groups in total. The second kappa shape index (κ2) is 6.87. The van der Waals surface area contributed by atoms with Crippen LogP contribution in [0.4, 0.5) is 0 Å². The zero-order chi connectivity index (χ0) is 17.9. The van der Waals surface area contributed by atoms with Crippen LogP contribution in [0.5, 0.6) is 11.5 Å². The van der Waals surface area contributed by atoms with E-state index in [0.29, 0.717) is 11.5 Å². The van der Waals surface area contributed by atoms with Gasteiger partial charge in [0, 0.05) is 7.05 Å². The normalized spacial score (nSPS) is 17.4. The Labute approximate surface area is 139 Å². The third-order valence-electron chi connectivity index (χ3n) is 3.00. The van der Waals surface area contributed by atoms with Crippen molar-refractivity contribution in [3.05, 3.63) is 24.3 Å². The Morgan fingerprint density at radius 3 is 2.38 bits per heavy atom. The average molecular weight is 355 g/mol. The molecule has 0 bridgehead atoms. The number of hydrogen-bond donors (Lipinski definition) is 0. The summed E-state index contributed by atoms with van der Waals surface area (Å²) in [7, 11) is -1.26. The van der Waals surface area contributed by atoms with E-state index in [0.717, 1.165) is 4.31 Å². The number of ether oxygens (including phenoxy) is 3. The quantitative estimate of drug-likeness (QED) is 0.745. The fraction of sp³-hybridized carbons (Fsp3) is 0.357. The van der Waals surface area contributed by atoms with Gasteiger partial charge in [0.2, 0.25) is 0 Å². The van der Waals surface area contributed by atoms with Crippen LogP contribution in [0.25, 0.3) is 0 Å². The van der Waals surface area contributed by atoms with Crippen LogP contribution in [0.15, 0.2) is 33.7 Å². The maximum Gasteiger partial charge on any atom is 0.349 e. The van der Waals surface area contributed by atoms with E-state index in [2.05, 4.69) is 14.1 Å². The molecule has 0 aliphatic carbocycles. The molecule has 0 aromatic heterocycles. The Morgan fingerprint density at radius 2 is 1.79 bits per heavy atom. The van der Waals surface area contributed by atoms with Crippen LogP contribution < -0.4 is 9.47 Å².